The van der Waals surface area contributed by atoms with Crippen molar-refractivity contribution >= 4 is 6.03 Å². The molecule has 2 amide bonds. The van der Waals surface area contributed by atoms with E-state index in [1.807, 2.05) is 13.0 Å². The second kappa shape index (κ2) is 6.02. The number of carbonyl (C=O) groups is 1. The predicted octanol–water partition coefficient (Wildman–Crippen LogP) is 1.88. The smallest absolute Gasteiger partial charge is 0.315 e. The van der Waals surface area contributed by atoms with Crippen LogP contribution in [0.25, 0.3) is 0 Å². The van der Waals surface area contributed by atoms with E-state index >= 15 is 0 Å². The third-order valence-corrected chi connectivity index (χ3v) is 3.46. The predicted molar refractivity (Wildman–Crippen MR) is 70.3 cm³/mol. The number of fused-ring (bicyclic) bond motifs is 1. The van der Waals surface area contributed by atoms with E-state index in [2.05, 4.69) is 10.6 Å². The van der Waals surface area contributed by atoms with Gasteiger partial charge in [-0.05, 0) is 43.4 Å². The molecule has 1 aliphatic rings. The summed E-state index contributed by atoms with van der Waals surface area (Å²) in [7, 11) is 0. The molecule has 2 atom stereocenters. The van der Waals surface area contributed by atoms with Gasteiger partial charge >= 0.3 is 6.03 Å². The van der Waals surface area contributed by atoms with Gasteiger partial charge in [0.05, 0.1) is 6.04 Å². The van der Waals surface area contributed by atoms with Gasteiger partial charge in [-0.1, -0.05) is 12.1 Å². The highest BCUT2D eigenvalue weighted by atomic mass is 19.1. The lowest BCUT2D eigenvalue weighted by Crippen LogP contribution is -2.42. The van der Waals surface area contributed by atoms with Gasteiger partial charge in [-0.25, -0.2) is 9.18 Å². The standard InChI is InChI=1S/C14H19FN2O2/c1-9(7-8-18)16-14(19)17-13-6-5-10-11(13)3-2-4-12(10)15/h2-4,9,13,18H,5-8H2,1H3,(H2,16,17,19)/t9-,13?/m1/s1. The molecule has 0 heterocycles. The summed E-state index contributed by atoms with van der Waals surface area (Å²) in [6.45, 7) is 1.87. The summed E-state index contributed by atoms with van der Waals surface area (Å²) >= 11 is 0. The van der Waals surface area contributed by atoms with Gasteiger partial charge in [0.1, 0.15) is 5.82 Å². The molecule has 0 saturated carbocycles. The molecule has 0 saturated heterocycles. The number of aliphatic hydroxyl groups is 1. The monoisotopic (exact) mass is 266 g/mol. The first-order valence-electron chi connectivity index (χ1n) is 6.57. The van der Waals surface area contributed by atoms with E-state index in [1.54, 1.807) is 6.07 Å². The number of urea groups is 1. The first kappa shape index (κ1) is 13.8. The minimum Gasteiger partial charge on any atom is -0.396 e. The maximum Gasteiger partial charge on any atom is 0.315 e. The molecular formula is C14H19FN2O2. The molecule has 1 unspecified atom stereocenters. The molecule has 0 aliphatic heterocycles. The van der Waals surface area contributed by atoms with Crippen molar-refractivity contribution < 1.29 is 14.3 Å². The van der Waals surface area contributed by atoms with E-state index < -0.39 is 0 Å². The minimum atomic E-state index is -0.275. The van der Waals surface area contributed by atoms with Gasteiger partial charge in [0.25, 0.3) is 0 Å². The van der Waals surface area contributed by atoms with Crippen molar-refractivity contribution in [2.75, 3.05) is 6.61 Å². The zero-order valence-electron chi connectivity index (χ0n) is 10.9. The van der Waals surface area contributed by atoms with Crippen LogP contribution < -0.4 is 10.6 Å². The van der Waals surface area contributed by atoms with Crippen molar-refractivity contribution in [2.45, 2.75) is 38.3 Å². The minimum absolute atomic E-state index is 0.0406. The molecule has 19 heavy (non-hydrogen) atoms. The molecule has 0 spiro atoms. The first-order valence-corrected chi connectivity index (χ1v) is 6.57. The summed E-state index contributed by atoms with van der Waals surface area (Å²) in [5, 5.41) is 14.4. The molecule has 104 valence electrons. The molecule has 4 nitrogen and oxygen atoms in total. The van der Waals surface area contributed by atoms with E-state index in [4.69, 9.17) is 5.11 Å². The fourth-order valence-corrected chi connectivity index (χ4v) is 2.45. The van der Waals surface area contributed by atoms with Gasteiger partial charge in [0.2, 0.25) is 0 Å². The van der Waals surface area contributed by atoms with E-state index in [-0.39, 0.29) is 30.5 Å². The Balaban J connectivity index is 1.96. The lowest BCUT2D eigenvalue weighted by Gasteiger charge is -2.18. The van der Waals surface area contributed by atoms with Crippen molar-refractivity contribution in [3.8, 4) is 0 Å². The lowest BCUT2D eigenvalue weighted by molar-refractivity contribution is 0.227. The fraction of sp³-hybridized carbons (Fsp3) is 0.500. The average molecular weight is 266 g/mol. The molecule has 1 aliphatic carbocycles. The summed E-state index contributed by atoms with van der Waals surface area (Å²) in [4.78, 5) is 11.8. The van der Waals surface area contributed by atoms with Gasteiger partial charge in [-0.15, -0.1) is 0 Å². The number of carbonyl (C=O) groups excluding carboxylic acids is 1. The quantitative estimate of drug-likeness (QED) is 0.779. The zero-order valence-corrected chi connectivity index (χ0v) is 10.9. The van der Waals surface area contributed by atoms with Crippen LogP contribution in [0.1, 0.15) is 36.9 Å². The Labute approximate surface area is 112 Å². The number of benzene rings is 1. The highest BCUT2D eigenvalue weighted by Gasteiger charge is 2.26. The second-order valence-corrected chi connectivity index (χ2v) is 4.93. The highest BCUT2D eigenvalue weighted by Crippen LogP contribution is 2.32. The summed E-state index contributed by atoms with van der Waals surface area (Å²) in [5.74, 6) is -0.198. The zero-order chi connectivity index (χ0) is 13.8. The molecule has 0 fully saturated rings. The van der Waals surface area contributed by atoms with E-state index in [1.165, 1.54) is 6.07 Å². The van der Waals surface area contributed by atoms with Crippen LogP contribution in [-0.2, 0) is 6.42 Å². The van der Waals surface area contributed by atoms with Crippen molar-refractivity contribution in [1.82, 2.24) is 10.6 Å². The maximum atomic E-state index is 13.6. The van der Waals surface area contributed by atoms with E-state index in [0.29, 0.717) is 18.4 Å². The number of aliphatic hydroxyl groups excluding tert-OH is 1. The molecular weight excluding hydrogens is 247 g/mol. The number of nitrogens with one attached hydrogen (secondary N) is 2. The van der Waals surface area contributed by atoms with Gasteiger partial charge in [0, 0.05) is 12.6 Å². The Morgan fingerprint density at radius 3 is 3.11 bits per heavy atom. The highest BCUT2D eigenvalue weighted by molar-refractivity contribution is 5.75. The van der Waals surface area contributed by atoms with Gasteiger partial charge < -0.3 is 15.7 Å². The number of hydrogen-bond acceptors (Lipinski definition) is 2. The normalized spacial score (nSPS) is 18.8. The molecule has 1 aromatic carbocycles. The molecule has 0 aromatic heterocycles. The Morgan fingerprint density at radius 2 is 2.37 bits per heavy atom. The summed E-state index contributed by atoms with van der Waals surface area (Å²) in [6.07, 6.45) is 1.89. The van der Waals surface area contributed by atoms with Crippen LogP contribution in [-0.4, -0.2) is 23.8 Å². The molecule has 2 rings (SSSR count). The third-order valence-electron chi connectivity index (χ3n) is 3.46. The summed E-state index contributed by atoms with van der Waals surface area (Å²) in [6, 6.07) is 4.48. The van der Waals surface area contributed by atoms with E-state index in [0.717, 1.165) is 12.0 Å². The van der Waals surface area contributed by atoms with Crippen LogP contribution in [0.2, 0.25) is 0 Å². The summed E-state index contributed by atoms with van der Waals surface area (Å²) in [5.41, 5.74) is 1.57. The second-order valence-electron chi connectivity index (χ2n) is 4.93. The van der Waals surface area contributed by atoms with E-state index in [9.17, 15) is 9.18 Å². The average Bonchev–Trinajstić information content (AvgIpc) is 2.74. The Bertz CT molecular complexity index is 465. The summed E-state index contributed by atoms with van der Waals surface area (Å²) < 4.78 is 13.6. The number of halogens is 1. The SMILES string of the molecule is C[C@H](CCO)NC(=O)NC1CCc2c(F)cccc21. The van der Waals surface area contributed by atoms with Gasteiger partial charge in [-0.2, -0.15) is 0 Å². The van der Waals surface area contributed by atoms with Crippen LogP contribution in [0.4, 0.5) is 9.18 Å². The van der Waals surface area contributed by atoms with Crippen molar-refractivity contribution in [3.63, 3.8) is 0 Å². The van der Waals surface area contributed by atoms with Gasteiger partial charge in [0.15, 0.2) is 0 Å². The van der Waals surface area contributed by atoms with Crippen molar-refractivity contribution in [3.05, 3.63) is 35.1 Å². The van der Waals surface area contributed by atoms with Crippen LogP contribution in [0.5, 0.6) is 0 Å². The van der Waals surface area contributed by atoms with Crippen LogP contribution >= 0.6 is 0 Å². The Morgan fingerprint density at radius 1 is 1.58 bits per heavy atom. The third kappa shape index (κ3) is 3.23. The van der Waals surface area contributed by atoms with Crippen LogP contribution in [0.3, 0.4) is 0 Å². The number of hydrogen-bond donors (Lipinski definition) is 3. The van der Waals surface area contributed by atoms with Crippen LogP contribution in [0.15, 0.2) is 18.2 Å². The molecule has 5 heteroatoms. The van der Waals surface area contributed by atoms with Gasteiger partial charge in [-0.3, -0.25) is 0 Å². The maximum absolute atomic E-state index is 13.6. The molecule has 1 aromatic rings. The number of amides is 2. The fourth-order valence-electron chi connectivity index (χ4n) is 2.45. The topological polar surface area (TPSA) is 61.4 Å². The Kier molecular flexibility index (Phi) is 4.37. The van der Waals surface area contributed by atoms with Crippen LogP contribution in [0, 0.1) is 5.82 Å². The van der Waals surface area contributed by atoms with Crippen molar-refractivity contribution in [2.24, 2.45) is 0 Å². The lowest BCUT2D eigenvalue weighted by atomic mass is 10.1. The van der Waals surface area contributed by atoms with Crippen molar-refractivity contribution in [1.29, 1.82) is 0 Å². The molecule has 0 bridgehead atoms. The molecule has 3 N–H and O–H groups in total. The largest absolute Gasteiger partial charge is 0.396 e. The first-order chi connectivity index (χ1) is 9.11. The Hall–Kier alpha value is -1.62. The molecule has 0 radical (unpaired) electrons. The number of rotatable bonds is 4.